The lowest BCUT2D eigenvalue weighted by atomic mass is 10.1. The van der Waals surface area contributed by atoms with Crippen LogP contribution in [0.25, 0.3) is 0 Å². The summed E-state index contributed by atoms with van der Waals surface area (Å²) < 4.78 is 0. The van der Waals surface area contributed by atoms with Gasteiger partial charge in [0.2, 0.25) is 0 Å². The largest absolute Gasteiger partial charge is 0.481 e. The van der Waals surface area contributed by atoms with Gasteiger partial charge in [-0.3, -0.25) is 14.5 Å². The van der Waals surface area contributed by atoms with E-state index >= 15 is 0 Å². The molecular weight excluding hydrogens is 234 g/mol. The smallest absolute Gasteiger partial charge is 0.325 e. The molecule has 1 aromatic rings. The van der Waals surface area contributed by atoms with Gasteiger partial charge in [-0.2, -0.15) is 0 Å². The standard InChI is InChI=1S/C13H17NO4/c1-2-14(9-8-11(15)16)12(13(17)18)10-6-4-3-5-7-10/h3-7,12H,2,8-9H2,1H3,(H,15,16)(H,17,18). The van der Waals surface area contributed by atoms with Gasteiger partial charge >= 0.3 is 11.9 Å². The lowest BCUT2D eigenvalue weighted by Gasteiger charge is -2.27. The van der Waals surface area contributed by atoms with Gasteiger partial charge in [-0.1, -0.05) is 37.3 Å². The third-order valence-electron chi connectivity index (χ3n) is 2.73. The molecule has 0 amide bonds. The van der Waals surface area contributed by atoms with Crippen molar-refractivity contribution in [2.45, 2.75) is 19.4 Å². The van der Waals surface area contributed by atoms with Crippen LogP contribution in [-0.4, -0.2) is 40.1 Å². The first-order valence-corrected chi connectivity index (χ1v) is 5.79. The average molecular weight is 251 g/mol. The van der Waals surface area contributed by atoms with E-state index in [1.54, 1.807) is 29.2 Å². The second kappa shape index (κ2) is 6.76. The maximum absolute atomic E-state index is 11.4. The fourth-order valence-electron chi connectivity index (χ4n) is 1.85. The van der Waals surface area contributed by atoms with Crippen LogP contribution in [0.3, 0.4) is 0 Å². The summed E-state index contributed by atoms with van der Waals surface area (Å²) in [5.74, 6) is -1.89. The van der Waals surface area contributed by atoms with Crippen molar-refractivity contribution >= 4 is 11.9 Å². The number of benzene rings is 1. The summed E-state index contributed by atoms with van der Waals surface area (Å²) in [6.07, 6.45) is -0.0650. The number of nitrogens with zero attached hydrogens (tertiary/aromatic N) is 1. The maximum Gasteiger partial charge on any atom is 0.325 e. The zero-order valence-corrected chi connectivity index (χ0v) is 10.2. The molecule has 0 aliphatic rings. The van der Waals surface area contributed by atoms with Crippen molar-refractivity contribution in [3.63, 3.8) is 0 Å². The van der Waals surface area contributed by atoms with Crippen molar-refractivity contribution in [1.82, 2.24) is 4.90 Å². The second-order valence-electron chi connectivity index (χ2n) is 3.92. The minimum absolute atomic E-state index is 0.0650. The molecule has 0 aromatic heterocycles. The Morgan fingerprint density at radius 1 is 1.22 bits per heavy atom. The van der Waals surface area contributed by atoms with E-state index in [0.717, 1.165) is 0 Å². The molecule has 1 atom stereocenters. The molecule has 0 spiro atoms. The number of carboxylic acid groups (broad SMARTS) is 2. The highest BCUT2D eigenvalue weighted by Gasteiger charge is 2.26. The summed E-state index contributed by atoms with van der Waals surface area (Å²) in [7, 11) is 0. The molecule has 5 nitrogen and oxygen atoms in total. The van der Waals surface area contributed by atoms with Crippen molar-refractivity contribution in [3.05, 3.63) is 35.9 Å². The van der Waals surface area contributed by atoms with E-state index in [1.165, 1.54) is 0 Å². The third kappa shape index (κ3) is 3.85. The summed E-state index contributed by atoms with van der Waals surface area (Å²) >= 11 is 0. The Balaban J connectivity index is 2.89. The van der Waals surface area contributed by atoms with Gasteiger partial charge < -0.3 is 10.2 Å². The average Bonchev–Trinajstić information content (AvgIpc) is 2.34. The van der Waals surface area contributed by atoms with Gasteiger partial charge in [-0.15, -0.1) is 0 Å². The van der Waals surface area contributed by atoms with E-state index in [4.69, 9.17) is 5.11 Å². The highest BCUT2D eigenvalue weighted by Crippen LogP contribution is 2.20. The summed E-state index contributed by atoms with van der Waals surface area (Å²) in [6.45, 7) is 2.53. The molecule has 0 aliphatic heterocycles. The Morgan fingerprint density at radius 3 is 2.28 bits per heavy atom. The van der Waals surface area contributed by atoms with Crippen molar-refractivity contribution in [2.75, 3.05) is 13.1 Å². The van der Waals surface area contributed by atoms with Crippen LogP contribution >= 0.6 is 0 Å². The number of carbonyl (C=O) groups is 2. The topological polar surface area (TPSA) is 77.8 Å². The molecule has 0 aliphatic carbocycles. The van der Waals surface area contributed by atoms with Crippen molar-refractivity contribution in [1.29, 1.82) is 0 Å². The molecule has 0 radical (unpaired) electrons. The third-order valence-corrected chi connectivity index (χ3v) is 2.73. The molecule has 1 unspecified atom stereocenters. The fourth-order valence-corrected chi connectivity index (χ4v) is 1.85. The van der Waals surface area contributed by atoms with Crippen LogP contribution in [0.5, 0.6) is 0 Å². The minimum atomic E-state index is -0.964. The minimum Gasteiger partial charge on any atom is -0.481 e. The van der Waals surface area contributed by atoms with Crippen molar-refractivity contribution in [2.24, 2.45) is 0 Å². The highest BCUT2D eigenvalue weighted by atomic mass is 16.4. The molecule has 1 aromatic carbocycles. The van der Waals surface area contributed by atoms with Gasteiger partial charge in [0, 0.05) is 6.54 Å². The Kier molecular flexibility index (Phi) is 5.32. The molecule has 0 fully saturated rings. The SMILES string of the molecule is CCN(CCC(=O)O)C(C(=O)O)c1ccccc1. The van der Waals surface area contributed by atoms with Crippen LogP contribution in [-0.2, 0) is 9.59 Å². The number of rotatable bonds is 7. The normalized spacial score (nSPS) is 12.3. The maximum atomic E-state index is 11.4. The van der Waals surface area contributed by atoms with Crippen molar-refractivity contribution in [3.8, 4) is 0 Å². The zero-order chi connectivity index (χ0) is 13.5. The summed E-state index contributed by atoms with van der Waals surface area (Å²) in [6, 6.07) is 8.04. The van der Waals surface area contributed by atoms with Crippen LogP contribution < -0.4 is 0 Å². The molecule has 0 heterocycles. The first-order chi connectivity index (χ1) is 8.56. The monoisotopic (exact) mass is 251 g/mol. The Labute approximate surface area is 106 Å². The van der Waals surface area contributed by atoms with Crippen molar-refractivity contribution < 1.29 is 19.8 Å². The fraction of sp³-hybridized carbons (Fsp3) is 0.385. The van der Waals surface area contributed by atoms with E-state index < -0.39 is 18.0 Å². The van der Waals surface area contributed by atoms with Gasteiger partial charge in [0.25, 0.3) is 0 Å². The second-order valence-corrected chi connectivity index (χ2v) is 3.92. The summed E-state index contributed by atoms with van der Waals surface area (Å²) in [4.78, 5) is 23.6. The lowest BCUT2D eigenvalue weighted by Crippen LogP contribution is -2.35. The number of hydrogen-bond acceptors (Lipinski definition) is 3. The molecule has 5 heteroatoms. The highest BCUT2D eigenvalue weighted by molar-refractivity contribution is 5.75. The van der Waals surface area contributed by atoms with Crippen LogP contribution in [0.4, 0.5) is 0 Å². The molecule has 98 valence electrons. The van der Waals surface area contributed by atoms with E-state index in [0.29, 0.717) is 12.1 Å². The summed E-state index contributed by atoms with van der Waals surface area (Å²) in [5.41, 5.74) is 0.664. The van der Waals surface area contributed by atoms with E-state index in [1.807, 2.05) is 13.0 Å². The Bertz CT molecular complexity index is 405. The van der Waals surface area contributed by atoms with E-state index in [9.17, 15) is 14.7 Å². The summed E-state index contributed by atoms with van der Waals surface area (Å²) in [5, 5.41) is 18.0. The number of likely N-dealkylation sites (N-methyl/N-ethyl adjacent to an activating group) is 1. The van der Waals surface area contributed by atoms with Crippen LogP contribution in [0.15, 0.2) is 30.3 Å². The van der Waals surface area contributed by atoms with Gasteiger partial charge in [0.15, 0.2) is 0 Å². The quantitative estimate of drug-likeness (QED) is 0.769. The molecule has 1 rings (SSSR count). The first kappa shape index (κ1) is 14.2. The van der Waals surface area contributed by atoms with Gasteiger partial charge in [0.1, 0.15) is 6.04 Å². The lowest BCUT2D eigenvalue weighted by molar-refractivity contribution is -0.145. The predicted molar refractivity (Wildman–Crippen MR) is 66.3 cm³/mol. The van der Waals surface area contributed by atoms with E-state index in [2.05, 4.69) is 0 Å². The van der Waals surface area contributed by atoms with Crippen LogP contribution in [0, 0.1) is 0 Å². The molecule has 2 N–H and O–H groups in total. The molecule has 0 saturated heterocycles. The van der Waals surface area contributed by atoms with E-state index in [-0.39, 0.29) is 13.0 Å². The van der Waals surface area contributed by atoms with Gasteiger partial charge in [-0.05, 0) is 12.1 Å². The Morgan fingerprint density at radius 2 is 1.83 bits per heavy atom. The van der Waals surface area contributed by atoms with Gasteiger partial charge in [0.05, 0.1) is 6.42 Å². The Hall–Kier alpha value is -1.88. The zero-order valence-electron chi connectivity index (χ0n) is 10.2. The molecule has 0 bridgehead atoms. The first-order valence-electron chi connectivity index (χ1n) is 5.79. The number of aliphatic carboxylic acids is 2. The molecular formula is C13H17NO4. The van der Waals surface area contributed by atoms with Gasteiger partial charge in [-0.25, -0.2) is 0 Å². The van der Waals surface area contributed by atoms with Crippen LogP contribution in [0.2, 0.25) is 0 Å². The number of hydrogen-bond donors (Lipinski definition) is 2. The van der Waals surface area contributed by atoms with Crippen LogP contribution in [0.1, 0.15) is 24.9 Å². The predicted octanol–water partition coefficient (Wildman–Crippen LogP) is 1.61. The molecule has 0 saturated carbocycles. The number of carboxylic acids is 2. The molecule has 18 heavy (non-hydrogen) atoms.